The predicted octanol–water partition coefficient (Wildman–Crippen LogP) is 4.69. The molecule has 0 aliphatic carbocycles. The number of carbonyl (C=O) groups is 1. The maximum Gasteiger partial charge on any atom is 0.244 e. The number of rotatable bonds is 5. The monoisotopic (exact) mass is 363 g/mol. The van der Waals surface area contributed by atoms with Gasteiger partial charge in [-0.2, -0.15) is 0 Å². The molecule has 0 fully saturated rings. The zero-order valence-corrected chi connectivity index (χ0v) is 15.0. The molecule has 0 saturated carbocycles. The zero-order chi connectivity index (χ0) is 18.4. The fraction of sp³-hybridized carbons (Fsp3) is 0.0952. The summed E-state index contributed by atoms with van der Waals surface area (Å²) >= 11 is 5.84. The lowest BCUT2D eigenvalue weighted by atomic mass is 10.0. The largest absolute Gasteiger partial charge is 0.346 e. The first-order chi connectivity index (χ1) is 12.6. The van der Waals surface area contributed by atoms with Crippen LogP contribution in [0.2, 0.25) is 5.15 Å². The van der Waals surface area contributed by atoms with Crippen LogP contribution >= 0.6 is 11.6 Å². The summed E-state index contributed by atoms with van der Waals surface area (Å²) in [6.45, 7) is 1.95. The molecule has 2 aromatic heterocycles. The second-order valence-corrected chi connectivity index (χ2v) is 6.23. The lowest BCUT2D eigenvalue weighted by molar-refractivity contribution is -0.117. The van der Waals surface area contributed by atoms with Crippen LogP contribution in [0.5, 0.6) is 0 Å². The molecule has 0 saturated heterocycles. The predicted molar refractivity (Wildman–Crippen MR) is 105 cm³/mol. The molecule has 0 bridgehead atoms. The Balaban J connectivity index is 1.69. The summed E-state index contributed by atoms with van der Waals surface area (Å²) in [6.07, 6.45) is 8.40. The number of nitrogens with one attached hydrogen (secondary N) is 1. The van der Waals surface area contributed by atoms with Gasteiger partial charge in [0.15, 0.2) is 0 Å². The molecule has 0 spiro atoms. The summed E-state index contributed by atoms with van der Waals surface area (Å²) in [4.78, 5) is 20.3. The Kier molecular flexibility index (Phi) is 5.77. The van der Waals surface area contributed by atoms with Crippen LogP contribution < -0.4 is 5.32 Å². The third-order valence-corrected chi connectivity index (χ3v) is 4.14. The molecule has 1 aromatic carbocycles. The van der Waals surface area contributed by atoms with Crippen LogP contribution in [0.3, 0.4) is 0 Å². The number of aromatic nitrogens is 2. The minimum absolute atomic E-state index is 0.124. The van der Waals surface area contributed by atoms with Crippen molar-refractivity contribution >= 4 is 23.6 Å². The molecule has 0 radical (unpaired) electrons. The number of halogens is 1. The molecule has 1 amide bonds. The Hall–Kier alpha value is -2.98. The lowest BCUT2D eigenvalue weighted by Crippen LogP contribution is -2.24. The van der Waals surface area contributed by atoms with Crippen LogP contribution in [0.15, 0.2) is 73.2 Å². The lowest BCUT2D eigenvalue weighted by Gasteiger charge is -2.14. The average molecular weight is 364 g/mol. The van der Waals surface area contributed by atoms with E-state index in [1.165, 1.54) is 6.08 Å². The molecule has 130 valence electrons. The van der Waals surface area contributed by atoms with Crippen molar-refractivity contribution in [1.82, 2.24) is 15.3 Å². The first-order valence-electron chi connectivity index (χ1n) is 8.22. The third-order valence-electron chi connectivity index (χ3n) is 3.92. The van der Waals surface area contributed by atoms with Crippen LogP contribution in [0, 0.1) is 0 Å². The number of hydrogen-bond acceptors (Lipinski definition) is 3. The van der Waals surface area contributed by atoms with E-state index in [9.17, 15) is 4.79 Å². The Morgan fingerprint density at radius 3 is 2.73 bits per heavy atom. The van der Waals surface area contributed by atoms with Crippen molar-refractivity contribution in [3.05, 3.63) is 89.5 Å². The van der Waals surface area contributed by atoms with E-state index in [0.29, 0.717) is 5.15 Å². The highest BCUT2D eigenvalue weighted by Crippen LogP contribution is 2.23. The summed E-state index contributed by atoms with van der Waals surface area (Å²) in [5.41, 5.74) is 3.90. The third kappa shape index (κ3) is 4.77. The highest BCUT2D eigenvalue weighted by Gasteiger charge is 2.09. The van der Waals surface area contributed by atoms with Crippen molar-refractivity contribution in [3.8, 4) is 11.1 Å². The van der Waals surface area contributed by atoms with E-state index < -0.39 is 0 Å². The summed E-state index contributed by atoms with van der Waals surface area (Å²) in [5.74, 6) is -0.153. The number of benzene rings is 1. The van der Waals surface area contributed by atoms with Gasteiger partial charge in [0.2, 0.25) is 5.91 Å². The van der Waals surface area contributed by atoms with Crippen molar-refractivity contribution in [2.75, 3.05) is 0 Å². The number of hydrogen-bond donors (Lipinski definition) is 1. The van der Waals surface area contributed by atoms with Crippen molar-refractivity contribution in [3.63, 3.8) is 0 Å². The minimum atomic E-state index is -0.153. The molecule has 0 aliphatic heterocycles. The van der Waals surface area contributed by atoms with E-state index in [1.54, 1.807) is 30.7 Å². The van der Waals surface area contributed by atoms with E-state index in [1.807, 2.05) is 49.4 Å². The van der Waals surface area contributed by atoms with Gasteiger partial charge in [0, 0.05) is 30.2 Å². The van der Waals surface area contributed by atoms with E-state index in [4.69, 9.17) is 11.6 Å². The van der Waals surface area contributed by atoms with Gasteiger partial charge >= 0.3 is 0 Å². The number of nitrogens with zero attached hydrogens (tertiary/aromatic N) is 2. The fourth-order valence-electron chi connectivity index (χ4n) is 2.53. The Labute approximate surface area is 157 Å². The van der Waals surface area contributed by atoms with Crippen molar-refractivity contribution < 1.29 is 4.79 Å². The van der Waals surface area contributed by atoms with Gasteiger partial charge in [0.1, 0.15) is 5.15 Å². The highest BCUT2D eigenvalue weighted by molar-refractivity contribution is 6.29. The summed E-state index contributed by atoms with van der Waals surface area (Å²) in [7, 11) is 0. The van der Waals surface area contributed by atoms with Gasteiger partial charge in [-0.25, -0.2) is 4.98 Å². The molecule has 2 heterocycles. The molecule has 3 aromatic rings. The van der Waals surface area contributed by atoms with E-state index in [2.05, 4.69) is 15.3 Å². The Morgan fingerprint density at radius 2 is 2.00 bits per heavy atom. The van der Waals surface area contributed by atoms with Crippen LogP contribution in [0.25, 0.3) is 17.2 Å². The van der Waals surface area contributed by atoms with Crippen LogP contribution in [-0.2, 0) is 4.79 Å². The molecule has 1 N–H and O–H groups in total. The number of carbonyl (C=O) groups excluding carboxylic acids is 1. The van der Waals surface area contributed by atoms with Gasteiger partial charge in [0.25, 0.3) is 0 Å². The first kappa shape index (κ1) is 17.8. The van der Waals surface area contributed by atoms with E-state index in [-0.39, 0.29) is 11.9 Å². The fourth-order valence-corrected chi connectivity index (χ4v) is 2.64. The molecule has 5 heteroatoms. The summed E-state index contributed by atoms with van der Waals surface area (Å²) in [5, 5.41) is 3.44. The van der Waals surface area contributed by atoms with Crippen LogP contribution in [-0.4, -0.2) is 15.9 Å². The van der Waals surface area contributed by atoms with Crippen molar-refractivity contribution in [2.24, 2.45) is 0 Å². The van der Waals surface area contributed by atoms with Gasteiger partial charge in [-0.3, -0.25) is 9.78 Å². The maximum absolute atomic E-state index is 12.1. The molecular formula is C21H18ClN3O. The van der Waals surface area contributed by atoms with Crippen LogP contribution in [0.4, 0.5) is 0 Å². The van der Waals surface area contributed by atoms with E-state index >= 15 is 0 Å². The summed E-state index contributed by atoms with van der Waals surface area (Å²) < 4.78 is 0. The van der Waals surface area contributed by atoms with Crippen LogP contribution in [0.1, 0.15) is 24.1 Å². The number of amides is 1. The van der Waals surface area contributed by atoms with Gasteiger partial charge in [-0.1, -0.05) is 35.9 Å². The topological polar surface area (TPSA) is 54.9 Å². The Bertz CT molecular complexity index is 908. The minimum Gasteiger partial charge on any atom is -0.346 e. The summed E-state index contributed by atoms with van der Waals surface area (Å²) in [6, 6.07) is 15.3. The smallest absolute Gasteiger partial charge is 0.244 e. The molecule has 1 atom stereocenters. The van der Waals surface area contributed by atoms with Gasteiger partial charge in [0.05, 0.1) is 6.04 Å². The Morgan fingerprint density at radius 1 is 1.12 bits per heavy atom. The van der Waals surface area contributed by atoms with E-state index in [0.717, 1.165) is 22.3 Å². The van der Waals surface area contributed by atoms with Gasteiger partial charge in [-0.05, 0) is 54.0 Å². The highest BCUT2D eigenvalue weighted by atomic mass is 35.5. The normalized spacial score (nSPS) is 12.1. The van der Waals surface area contributed by atoms with Crippen molar-refractivity contribution in [1.29, 1.82) is 0 Å². The van der Waals surface area contributed by atoms with Crippen molar-refractivity contribution in [2.45, 2.75) is 13.0 Å². The maximum atomic E-state index is 12.1. The second kappa shape index (κ2) is 8.41. The first-order valence-corrected chi connectivity index (χ1v) is 8.60. The molecule has 4 nitrogen and oxygen atoms in total. The SMILES string of the molecule is CC(NC(=O)C=Cc1cccnc1)c1cccc(-c2ccc(Cl)nc2)c1. The quantitative estimate of drug-likeness (QED) is 0.528. The standard InChI is InChI=1S/C21H18ClN3O/c1-15(25-21(26)10-7-16-4-3-11-23-13-16)17-5-2-6-18(12-17)19-8-9-20(22)24-14-19/h2-15H,1H3,(H,25,26). The number of pyridine rings is 2. The van der Waals surface area contributed by atoms with Gasteiger partial charge in [-0.15, -0.1) is 0 Å². The molecule has 1 unspecified atom stereocenters. The molecule has 3 rings (SSSR count). The van der Waals surface area contributed by atoms with Gasteiger partial charge < -0.3 is 5.32 Å². The molecule has 0 aliphatic rings. The average Bonchev–Trinajstić information content (AvgIpc) is 2.68. The molecular weight excluding hydrogens is 346 g/mol. The second-order valence-electron chi connectivity index (χ2n) is 5.85. The zero-order valence-electron chi connectivity index (χ0n) is 14.3. The molecule has 26 heavy (non-hydrogen) atoms.